The van der Waals surface area contributed by atoms with Gasteiger partial charge in [0.2, 0.25) is 0 Å². The summed E-state index contributed by atoms with van der Waals surface area (Å²) >= 11 is 1.09. The van der Waals surface area contributed by atoms with Gasteiger partial charge in [0, 0.05) is 5.69 Å². The van der Waals surface area contributed by atoms with E-state index in [0.717, 1.165) is 28.2 Å². The maximum atomic E-state index is 12.4. The fourth-order valence-electron chi connectivity index (χ4n) is 2.24. The van der Waals surface area contributed by atoms with Crippen LogP contribution in [0.25, 0.3) is 0 Å². The van der Waals surface area contributed by atoms with Gasteiger partial charge in [0.1, 0.15) is 5.00 Å². The predicted molar refractivity (Wildman–Crippen MR) is 88.7 cm³/mol. The second kappa shape index (κ2) is 6.19. The summed E-state index contributed by atoms with van der Waals surface area (Å²) in [6, 6.07) is 5.78. The molecule has 0 aliphatic heterocycles. The number of thiophene rings is 1. The summed E-state index contributed by atoms with van der Waals surface area (Å²) in [6.45, 7) is 5.61. The molecule has 3 N–H and O–H groups in total. The van der Waals surface area contributed by atoms with Crippen LogP contribution in [0.15, 0.2) is 18.2 Å². The molecule has 0 aliphatic rings. The first kappa shape index (κ1) is 16.0. The number of rotatable bonds is 3. The first-order valence-electron chi connectivity index (χ1n) is 6.71. The van der Waals surface area contributed by atoms with Gasteiger partial charge in [-0.1, -0.05) is 17.7 Å². The van der Waals surface area contributed by atoms with E-state index >= 15 is 0 Å². The van der Waals surface area contributed by atoms with Crippen molar-refractivity contribution in [3.8, 4) is 0 Å². The molecule has 0 radical (unpaired) electrons. The molecule has 1 heterocycles. The SMILES string of the molecule is COC(=O)c1c(N)sc(C(=O)Nc2ccc(C)cc2C)c1C. The Morgan fingerprint density at radius 3 is 2.50 bits per heavy atom. The number of amides is 1. The number of nitrogen functional groups attached to an aromatic ring is 1. The Balaban J connectivity index is 2.32. The highest BCUT2D eigenvalue weighted by molar-refractivity contribution is 7.18. The van der Waals surface area contributed by atoms with Gasteiger partial charge in [-0.2, -0.15) is 0 Å². The van der Waals surface area contributed by atoms with Gasteiger partial charge < -0.3 is 15.8 Å². The van der Waals surface area contributed by atoms with Crippen molar-refractivity contribution in [2.75, 3.05) is 18.2 Å². The Labute approximate surface area is 133 Å². The molecule has 0 saturated heterocycles. The van der Waals surface area contributed by atoms with Crippen LogP contribution in [0, 0.1) is 20.8 Å². The molecule has 1 aromatic heterocycles. The second-order valence-electron chi connectivity index (χ2n) is 5.06. The number of esters is 1. The van der Waals surface area contributed by atoms with Crippen LogP contribution in [0.1, 0.15) is 36.7 Å². The van der Waals surface area contributed by atoms with Crippen LogP contribution in [0.4, 0.5) is 10.7 Å². The van der Waals surface area contributed by atoms with Crippen LogP contribution in [-0.4, -0.2) is 19.0 Å². The summed E-state index contributed by atoms with van der Waals surface area (Å²) < 4.78 is 4.70. The maximum absolute atomic E-state index is 12.4. The number of nitrogens with one attached hydrogen (secondary N) is 1. The zero-order valence-electron chi connectivity index (χ0n) is 12.9. The molecule has 0 bridgehead atoms. The summed E-state index contributed by atoms with van der Waals surface area (Å²) in [4.78, 5) is 24.6. The van der Waals surface area contributed by atoms with E-state index < -0.39 is 5.97 Å². The minimum atomic E-state index is -0.531. The lowest BCUT2D eigenvalue weighted by atomic mass is 10.1. The van der Waals surface area contributed by atoms with Gasteiger partial charge in [-0.3, -0.25) is 4.79 Å². The molecular weight excluding hydrogens is 300 g/mol. The van der Waals surface area contributed by atoms with Crippen LogP contribution < -0.4 is 11.1 Å². The first-order chi connectivity index (χ1) is 10.3. The van der Waals surface area contributed by atoms with Gasteiger partial charge in [-0.05, 0) is 38.0 Å². The van der Waals surface area contributed by atoms with E-state index in [2.05, 4.69) is 5.32 Å². The average Bonchev–Trinajstić information content (AvgIpc) is 2.76. The lowest BCUT2D eigenvalue weighted by molar-refractivity contribution is 0.0601. The number of anilines is 2. The number of ether oxygens (including phenoxy) is 1. The van der Waals surface area contributed by atoms with E-state index in [1.165, 1.54) is 7.11 Å². The van der Waals surface area contributed by atoms with Crippen molar-refractivity contribution in [2.24, 2.45) is 0 Å². The van der Waals surface area contributed by atoms with Crippen LogP contribution >= 0.6 is 11.3 Å². The monoisotopic (exact) mass is 318 g/mol. The third kappa shape index (κ3) is 2.96. The number of hydrogen-bond donors (Lipinski definition) is 2. The van der Waals surface area contributed by atoms with Crippen LogP contribution in [0.2, 0.25) is 0 Å². The third-order valence-electron chi connectivity index (χ3n) is 3.40. The highest BCUT2D eigenvalue weighted by Crippen LogP contribution is 2.31. The lowest BCUT2D eigenvalue weighted by Gasteiger charge is -2.08. The summed E-state index contributed by atoms with van der Waals surface area (Å²) in [7, 11) is 1.29. The van der Waals surface area contributed by atoms with E-state index in [9.17, 15) is 9.59 Å². The topological polar surface area (TPSA) is 81.4 Å². The highest BCUT2D eigenvalue weighted by atomic mass is 32.1. The van der Waals surface area contributed by atoms with E-state index in [0.29, 0.717) is 10.4 Å². The fourth-order valence-corrected chi connectivity index (χ4v) is 3.20. The third-order valence-corrected chi connectivity index (χ3v) is 4.52. The molecule has 1 amide bonds. The number of aryl methyl sites for hydroxylation is 2. The van der Waals surface area contributed by atoms with Crippen molar-refractivity contribution in [1.29, 1.82) is 0 Å². The van der Waals surface area contributed by atoms with Crippen molar-refractivity contribution in [3.05, 3.63) is 45.3 Å². The first-order valence-corrected chi connectivity index (χ1v) is 7.52. The number of benzene rings is 1. The molecule has 5 nitrogen and oxygen atoms in total. The van der Waals surface area contributed by atoms with Gasteiger partial charge in [-0.25, -0.2) is 4.79 Å². The Bertz CT molecular complexity index is 750. The zero-order chi connectivity index (χ0) is 16.4. The molecule has 22 heavy (non-hydrogen) atoms. The van der Waals surface area contributed by atoms with Crippen molar-refractivity contribution in [3.63, 3.8) is 0 Å². The van der Waals surface area contributed by atoms with Crippen molar-refractivity contribution >= 4 is 33.9 Å². The summed E-state index contributed by atoms with van der Waals surface area (Å²) in [6.07, 6.45) is 0. The standard InChI is InChI=1S/C16H18N2O3S/c1-8-5-6-11(9(2)7-8)18-15(19)13-10(3)12(14(17)22-13)16(20)21-4/h5-7H,17H2,1-4H3,(H,18,19). The Morgan fingerprint density at radius 1 is 1.23 bits per heavy atom. The zero-order valence-corrected chi connectivity index (χ0v) is 13.8. The molecule has 0 atom stereocenters. The van der Waals surface area contributed by atoms with Crippen molar-refractivity contribution < 1.29 is 14.3 Å². The van der Waals surface area contributed by atoms with E-state index in [-0.39, 0.29) is 16.5 Å². The van der Waals surface area contributed by atoms with Crippen molar-refractivity contribution in [1.82, 2.24) is 0 Å². The Kier molecular flexibility index (Phi) is 4.51. The molecule has 1 aromatic carbocycles. The molecular formula is C16H18N2O3S. The Hall–Kier alpha value is -2.34. The van der Waals surface area contributed by atoms with Gasteiger partial charge in [-0.15, -0.1) is 11.3 Å². The maximum Gasteiger partial charge on any atom is 0.341 e. The summed E-state index contributed by atoms with van der Waals surface area (Å²) in [5.74, 6) is -0.812. The Morgan fingerprint density at radius 2 is 1.91 bits per heavy atom. The number of carbonyl (C=O) groups excluding carboxylic acids is 2. The molecule has 116 valence electrons. The van der Waals surface area contributed by atoms with E-state index in [1.54, 1.807) is 6.92 Å². The fraction of sp³-hybridized carbons (Fsp3) is 0.250. The molecule has 0 spiro atoms. The van der Waals surface area contributed by atoms with Crippen molar-refractivity contribution in [2.45, 2.75) is 20.8 Å². The molecule has 0 saturated carbocycles. The highest BCUT2D eigenvalue weighted by Gasteiger charge is 2.24. The van der Waals surface area contributed by atoms with Crippen LogP contribution in [0.3, 0.4) is 0 Å². The van der Waals surface area contributed by atoms with Gasteiger partial charge in [0.05, 0.1) is 17.6 Å². The number of nitrogens with two attached hydrogens (primary N) is 1. The normalized spacial score (nSPS) is 10.4. The molecule has 6 heteroatoms. The van der Waals surface area contributed by atoms with Gasteiger partial charge in [0.25, 0.3) is 5.91 Å². The largest absolute Gasteiger partial charge is 0.465 e. The molecule has 2 rings (SSSR count). The van der Waals surface area contributed by atoms with Crippen LogP contribution in [0.5, 0.6) is 0 Å². The number of carbonyl (C=O) groups is 2. The summed E-state index contributed by atoms with van der Waals surface area (Å²) in [5.41, 5.74) is 9.48. The molecule has 0 aliphatic carbocycles. The average molecular weight is 318 g/mol. The minimum absolute atomic E-state index is 0.262. The minimum Gasteiger partial charge on any atom is -0.465 e. The number of methoxy groups -OCH3 is 1. The predicted octanol–water partition coefficient (Wildman–Crippen LogP) is 3.29. The molecule has 0 unspecified atom stereocenters. The number of hydrogen-bond acceptors (Lipinski definition) is 5. The lowest BCUT2D eigenvalue weighted by Crippen LogP contribution is -2.13. The smallest absolute Gasteiger partial charge is 0.341 e. The van der Waals surface area contributed by atoms with E-state index in [1.807, 2.05) is 32.0 Å². The molecule has 0 fully saturated rings. The van der Waals surface area contributed by atoms with Gasteiger partial charge >= 0.3 is 5.97 Å². The van der Waals surface area contributed by atoms with Crippen LogP contribution in [-0.2, 0) is 4.74 Å². The summed E-state index contributed by atoms with van der Waals surface area (Å²) in [5, 5.41) is 3.14. The van der Waals surface area contributed by atoms with Gasteiger partial charge in [0.15, 0.2) is 0 Å². The second-order valence-corrected chi connectivity index (χ2v) is 6.11. The van der Waals surface area contributed by atoms with E-state index in [4.69, 9.17) is 10.5 Å². The molecule has 2 aromatic rings. The quantitative estimate of drug-likeness (QED) is 0.851.